The lowest BCUT2D eigenvalue weighted by atomic mass is 10.1. The minimum atomic E-state index is -1.44. The van der Waals surface area contributed by atoms with Gasteiger partial charge in [-0.1, -0.05) is 0 Å². The Hall–Kier alpha value is -2.68. The second kappa shape index (κ2) is 5.41. The van der Waals surface area contributed by atoms with Crippen molar-refractivity contribution in [1.82, 2.24) is 9.88 Å². The number of hydrogen-bond acceptors (Lipinski definition) is 5. The highest BCUT2D eigenvalue weighted by molar-refractivity contribution is 5.99. The van der Waals surface area contributed by atoms with Crippen LogP contribution in [-0.2, 0) is 0 Å². The molecule has 2 atom stereocenters. The number of carboxylic acids is 1. The van der Waals surface area contributed by atoms with Gasteiger partial charge in [-0.3, -0.25) is 4.79 Å². The van der Waals surface area contributed by atoms with Crippen molar-refractivity contribution in [3.05, 3.63) is 33.6 Å². The summed E-state index contributed by atoms with van der Waals surface area (Å²) in [5, 5.41) is 12.2. The number of nitrogen functional groups attached to an aromatic ring is 1. The van der Waals surface area contributed by atoms with Gasteiger partial charge in [0.1, 0.15) is 11.3 Å². The number of fused-ring (bicyclic) bond motifs is 3. The Morgan fingerprint density at radius 1 is 1.26 bits per heavy atom. The van der Waals surface area contributed by atoms with Gasteiger partial charge in [0.15, 0.2) is 11.6 Å². The molecule has 1 saturated carbocycles. The molecule has 0 spiro atoms. The van der Waals surface area contributed by atoms with E-state index < -0.39 is 34.3 Å². The Morgan fingerprint density at radius 2 is 2.00 bits per heavy atom. The third kappa shape index (κ3) is 2.21. The molecule has 142 valence electrons. The van der Waals surface area contributed by atoms with Crippen molar-refractivity contribution in [3.8, 4) is 0 Å². The molecule has 0 radical (unpaired) electrons. The van der Waals surface area contributed by atoms with Gasteiger partial charge in [0, 0.05) is 37.4 Å². The summed E-state index contributed by atoms with van der Waals surface area (Å²) in [4.78, 5) is 25.7. The average Bonchev–Trinajstić information content (AvgIpc) is 3.26. The first-order valence-corrected chi connectivity index (χ1v) is 8.97. The Kier molecular flexibility index (Phi) is 3.31. The van der Waals surface area contributed by atoms with Crippen molar-refractivity contribution < 1.29 is 18.7 Å². The number of carbonyl (C=O) groups is 1. The maximum atomic E-state index is 15.6. The number of anilines is 2. The lowest BCUT2D eigenvalue weighted by Gasteiger charge is -2.31. The number of carboxylic acid groups (broad SMARTS) is 1. The Balaban J connectivity index is 1.85. The maximum Gasteiger partial charge on any atom is 0.341 e. The molecule has 2 aromatic rings. The van der Waals surface area contributed by atoms with Crippen LogP contribution in [0.1, 0.15) is 35.7 Å². The molecule has 1 aromatic heterocycles. The highest BCUT2D eigenvalue weighted by Gasteiger charge is 2.41. The zero-order chi connectivity index (χ0) is 19.0. The van der Waals surface area contributed by atoms with Crippen molar-refractivity contribution in [3.63, 3.8) is 0 Å². The Morgan fingerprint density at radius 3 is 2.56 bits per heavy atom. The number of nitrogens with zero attached hydrogens (tertiary/aromatic N) is 2. The monoisotopic (exact) mass is 376 g/mol. The summed E-state index contributed by atoms with van der Waals surface area (Å²) in [6.45, 7) is 1.10. The molecular formula is C18H18F2N4O3. The van der Waals surface area contributed by atoms with Gasteiger partial charge in [-0.25, -0.2) is 13.6 Å². The molecule has 9 heteroatoms. The third-order valence-corrected chi connectivity index (χ3v) is 5.88. The van der Waals surface area contributed by atoms with Crippen LogP contribution in [0.25, 0.3) is 10.9 Å². The standard InChI is InChI=1S/C18H18F2N4O3/c19-12-14(21)11-15(13(20)16(12)23-5-7-3-9(23)4-22-7)24(8-1-2-8)6-10(17(11)25)18(26)27/h6-9,22H,1-5,21H2,(H,26,27)/t7-,9?/m0/s1. The van der Waals surface area contributed by atoms with Crippen molar-refractivity contribution >= 4 is 28.2 Å². The van der Waals surface area contributed by atoms with E-state index in [-0.39, 0.29) is 34.7 Å². The van der Waals surface area contributed by atoms with E-state index in [9.17, 15) is 14.7 Å². The molecule has 27 heavy (non-hydrogen) atoms. The molecular weight excluding hydrogens is 358 g/mol. The topological polar surface area (TPSA) is 101 Å². The van der Waals surface area contributed by atoms with Gasteiger partial charge in [0.25, 0.3) is 0 Å². The molecule has 2 saturated heterocycles. The van der Waals surface area contributed by atoms with Gasteiger partial charge < -0.3 is 25.6 Å². The number of benzene rings is 1. The van der Waals surface area contributed by atoms with Crippen LogP contribution >= 0.6 is 0 Å². The summed E-state index contributed by atoms with van der Waals surface area (Å²) >= 11 is 0. The fourth-order valence-corrected chi connectivity index (χ4v) is 4.43. The van der Waals surface area contributed by atoms with Crippen LogP contribution in [0.5, 0.6) is 0 Å². The summed E-state index contributed by atoms with van der Waals surface area (Å²) in [6, 6.07) is 0.0241. The van der Waals surface area contributed by atoms with Crippen molar-refractivity contribution in [2.24, 2.45) is 0 Å². The summed E-state index contributed by atoms with van der Waals surface area (Å²) in [5.74, 6) is -3.27. The predicted octanol–water partition coefficient (Wildman–Crippen LogP) is 1.45. The smallest absolute Gasteiger partial charge is 0.341 e. The Bertz CT molecular complexity index is 1060. The van der Waals surface area contributed by atoms with E-state index in [1.54, 1.807) is 4.90 Å². The third-order valence-electron chi connectivity index (χ3n) is 5.88. The van der Waals surface area contributed by atoms with Gasteiger partial charge in [-0.05, 0) is 19.3 Å². The van der Waals surface area contributed by atoms with Gasteiger partial charge in [-0.15, -0.1) is 0 Å². The molecule has 3 heterocycles. The first-order valence-electron chi connectivity index (χ1n) is 8.97. The molecule has 3 fully saturated rings. The number of nitrogens with two attached hydrogens (primary N) is 1. The second-order valence-electron chi connectivity index (χ2n) is 7.58. The average molecular weight is 376 g/mol. The van der Waals surface area contributed by atoms with E-state index in [0.29, 0.717) is 13.1 Å². The molecule has 2 aliphatic heterocycles. The number of aromatic nitrogens is 1. The van der Waals surface area contributed by atoms with E-state index in [4.69, 9.17) is 5.73 Å². The quantitative estimate of drug-likeness (QED) is 0.701. The summed E-state index contributed by atoms with van der Waals surface area (Å²) in [7, 11) is 0. The molecule has 7 nitrogen and oxygen atoms in total. The Labute approximate surface area is 152 Å². The zero-order valence-corrected chi connectivity index (χ0v) is 14.3. The van der Waals surface area contributed by atoms with Gasteiger partial charge >= 0.3 is 5.97 Å². The molecule has 5 rings (SSSR count). The lowest BCUT2D eigenvalue weighted by Crippen LogP contribution is -2.44. The molecule has 3 aliphatic rings. The number of aromatic carboxylic acids is 1. The zero-order valence-electron chi connectivity index (χ0n) is 14.3. The van der Waals surface area contributed by atoms with E-state index >= 15 is 8.78 Å². The lowest BCUT2D eigenvalue weighted by molar-refractivity contribution is 0.0695. The molecule has 2 bridgehead atoms. The van der Waals surface area contributed by atoms with Gasteiger partial charge in [0.2, 0.25) is 5.43 Å². The number of nitrogens with one attached hydrogen (secondary N) is 1. The second-order valence-corrected chi connectivity index (χ2v) is 7.58. The largest absolute Gasteiger partial charge is 0.477 e. The minimum absolute atomic E-state index is 0.0322. The fourth-order valence-electron chi connectivity index (χ4n) is 4.43. The van der Waals surface area contributed by atoms with Gasteiger partial charge in [-0.2, -0.15) is 0 Å². The molecule has 0 amide bonds. The normalized spacial score (nSPS) is 24.1. The SMILES string of the molecule is Nc1c(F)c(N2C[C@@H]3CC2CN3)c(F)c2c1c(=O)c(C(=O)O)cn2C1CC1. The van der Waals surface area contributed by atoms with Crippen LogP contribution in [0.2, 0.25) is 0 Å². The first-order chi connectivity index (χ1) is 12.9. The number of halogens is 2. The van der Waals surface area contributed by atoms with E-state index in [1.165, 1.54) is 4.57 Å². The van der Waals surface area contributed by atoms with E-state index in [1.807, 2.05) is 0 Å². The number of rotatable bonds is 3. The molecule has 4 N–H and O–H groups in total. The molecule has 1 unspecified atom stereocenters. The molecule has 1 aromatic carbocycles. The summed E-state index contributed by atoms with van der Waals surface area (Å²) in [6.07, 6.45) is 3.43. The summed E-state index contributed by atoms with van der Waals surface area (Å²) < 4.78 is 32.1. The minimum Gasteiger partial charge on any atom is -0.477 e. The first kappa shape index (κ1) is 16.5. The highest BCUT2D eigenvalue weighted by Crippen LogP contribution is 2.43. The van der Waals surface area contributed by atoms with Crippen LogP contribution in [-0.4, -0.2) is 40.8 Å². The van der Waals surface area contributed by atoms with Crippen molar-refractivity contribution in [1.29, 1.82) is 0 Å². The summed E-state index contributed by atoms with van der Waals surface area (Å²) in [5.41, 5.74) is 3.63. The van der Waals surface area contributed by atoms with Crippen LogP contribution < -0.4 is 21.4 Å². The van der Waals surface area contributed by atoms with Crippen molar-refractivity contribution in [2.45, 2.75) is 37.4 Å². The van der Waals surface area contributed by atoms with Crippen LogP contribution in [0, 0.1) is 11.6 Å². The fraction of sp³-hybridized carbons (Fsp3) is 0.444. The highest BCUT2D eigenvalue weighted by atomic mass is 19.1. The predicted molar refractivity (Wildman–Crippen MR) is 95.3 cm³/mol. The number of pyridine rings is 1. The van der Waals surface area contributed by atoms with Crippen LogP contribution in [0.3, 0.4) is 0 Å². The van der Waals surface area contributed by atoms with E-state index in [0.717, 1.165) is 25.5 Å². The van der Waals surface area contributed by atoms with Crippen LogP contribution in [0.15, 0.2) is 11.0 Å². The number of piperazine rings is 1. The van der Waals surface area contributed by atoms with Gasteiger partial charge in [0.05, 0.1) is 16.6 Å². The van der Waals surface area contributed by atoms with E-state index in [2.05, 4.69) is 5.32 Å². The van der Waals surface area contributed by atoms with Crippen molar-refractivity contribution in [2.75, 3.05) is 23.7 Å². The maximum absolute atomic E-state index is 15.6. The van der Waals surface area contributed by atoms with Crippen LogP contribution in [0.4, 0.5) is 20.2 Å². The molecule has 1 aliphatic carbocycles. The number of hydrogen-bond donors (Lipinski definition) is 3.